The largest absolute Gasteiger partial charge is 0.399 e. The molecule has 17 heavy (non-hydrogen) atoms. The number of hydrogen-bond acceptors (Lipinski definition) is 3. The number of carbonyl (C=O) groups excluding carboxylic acids is 2. The summed E-state index contributed by atoms with van der Waals surface area (Å²) >= 11 is 5.89. The van der Waals surface area contributed by atoms with Crippen LogP contribution in [0.3, 0.4) is 0 Å². The second-order valence-corrected chi connectivity index (χ2v) is 3.83. The summed E-state index contributed by atoms with van der Waals surface area (Å²) in [5.41, 5.74) is 6.43. The molecule has 0 atom stereocenters. The molecule has 0 radical (unpaired) electrons. The highest BCUT2D eigenvalue weighted by atomic mass is 35.5. The van der Waals surface area contributed by atoms with E-state index in [0.29, 0.717) is 42.2 Å². The first-order chi connectivity index (χ1) is 8.15. The summed E-state index contributed by atoms with van der Waals surface area (Å²) in [6.45, 7) is 1.000. The molecule has 6 heteroatoms. The number of nitrogen functional groups attached to an aromatic ring is 1. The fourth-order valence-corrected chi connectivity index (χ4v) is 1.54. The van der Waals surface area contributed by atoms with Gasteiger partial charge in [-0.3, -0.25) is 9.59 Å². The van der Waals surface area contributed by atoms with Gasteiger partial charge in [0.2, 0.25) is 6.41 Å². The Morgan fingerprint density at radius 2 is 2.18 bits per heavy atom. The van der Waals surface area contributed by atoms with Crippen molar-refractivity contribution < 1.29 is 9.59 Å². The monoisotopic (exact) mass is 255 g/mol. The molecule has 0 fully saturated rings. The van der Waals surface area contributed by atoms with Crippen LogP contribution >= 0.6 is 11.6 Å². The Hall–Kier alpha value is -1.75. The van der Waals surface area contributed by atoms with Gasteiger partial charge in [-0.25, -0.2) is 0 Å². The highest BCUT2D eigenvalue weighted by molar-refractivity contribution is 6.34. The lowest BCUT2D eigenvalue weighted by molar-refractivity contribution is -0.109. The smallest absolute Gasteiger partial charge is 0.252 e. The molecule has 0 aliphatic carbocycles. The normalized spacial score (nSPS) is 9.71. The summed E-state index contributed by atoms with van der Waals surface area (Å²) in [5.74, 6) is -0.249. The summed E-state index contributed by atoms with van der Waals surface area (Å²) in [5, 5.41) is 5.53. The van der Waals surface area contributed by atoms with Gasteiger partial charge in [-0.05, 0) is 24.6 Å². The third-order valence-electron chi connectivity index (χ3n) is 2.10. The van der Waals surface area contributed by atoms with Crippen molar-refractivity contribution in [2.75, 3.05) is 18.8 Å². The molecule has 4 N–H and O–H groups in total. The molecule has 0 bridgehead atoms. The molecule has 0 aliphatic rings. The Bertz CT molecular complexity index is 410. The molecule has 0 aromatic heterocycles. The van der Waals surface area contributed by atoms with E-state index in [-0.39, 0.29) is 5.91 Å². The molecule has 0 heterocycles. The highest BCUT2D eigenvalue weighted by Crippen LogP contribution is 2.18. The Morgan fingerprint density at radius 3 is 2.82 bits per heavy atom. The Morgan fingerprint density at radius 1 is 1.41 bits per heavy atom. The number of amides is 2. The molecule has 92 valence electrons. The number of nitrogens with two attached hydrogens (primary N) is 1. The lowest BCUT2D eigenvalue weighted by Gasteiger charge is -2.07. The first kappa shape index (κ1) is 13.3. The van der Waals surface area contributed by atoms with Crippen molar-refractivity contribution in [1.82, 2.24) is 10.6 Å². The molecule has 0 aliphatic heterocycles. The fourth-order valence-electron chi connectivity index (χ4n) is 1.26. The zero-order chi connectivity index (χ0) is 12.7. The average molecular weight is 256 g/mol. The van der Waals surface area contributed by atoms with E-state index in [9.17, 15) is 9.59 Å². The van der Waals surface area contributed by atoms with Crippen molar-refractivity contribution in [2.24, 2.45) is 0 Å². The SMILES string of the molecule is Nc1ccc(C(=O)NCCCNC=O)c(Cl)c1. The predicted octanol–water partition coefficient (Wildman–Crippen LogP) is 0.788. The lowest BCUT2D eigenvalue weighted by Crippen LogP contribution is -2.27. The van der Waals surface area contributed by atoms with Gasteiger partial charge < -0.3 is 16.4 Å². The number of anilines is 1. The summed E-state index contributed by atoms with van der Waals surface area (Å²) in [4.78, 5) is 21.7. The standard InChI is InChI=1S/C11H14ClN3O2/c12-10-6-8(13)2-3-9(10)11(17)15-5-1-4-14-7-16/h2-3,6-7H,1,4-5,13H2,(H,14,16)(H,15,17). The lowest BCUT2D eigenvalue weighted by atomic mass is 10.2. The number of halogens is 1. The summed E-state index contributed by atoms with van der Waals surface area (Å²) in [7, 11) is 0. The molecule has 0 unspecified atom stereocenters. The quantitative estimate of drug-likeness (QED) is 0.399. The number of carbonyl (C=O) groups is 2. The third kappa shape index (κ3) is 4.32. The van der Waals surface area contributed by atoms with Crippen molar-refractivity contribution in [2.45, 2.75) is 6.42 Å². The van der Waals surface area contributed by atoms with E-state index >= 15 is 0 Å². The maximum absolute atomic E-state index is 11.7. The van der Waals surface area contributed by atoms with Gasteiger partial charge in [0.05, 0.1) is 10.6 Å². The zero-order valence-electron chi connectivity index (χ0n) is 9.20. The number of rotatable bonds is 6. The summed E-state index contributed by atoms with van der Waals surface area (Å²) in [6, 6.07) is 4.73. The van der Waals surface area contributed by atoms with Gasteiger partial charge in [0.15, 0.2) is 0 Å². The number of hydrogen-bond donors (Lipinski definition) is 3. The topological polar surface area (TPSA) is 84.2 Å². The molecule has 1 aromatic rings. The third-order valence-corrected chi connectivity index (χ3v) is 2.42. The molecule has 0 saturated carbocycles. The van der Waals surface area contributed by atoms with Crippen LogP contribution in [0.4, 0.5) is 5.69 Å². The van der Waals surface area contributed by atoms with Crippen molar-refractivity contribution in [3.8, 4) is 0 Å². The summed E-state index contributed by atoms with van der Waals surface area (Å²) in [6.07, 6.45) is 1.29. The maximum Gasteiger partial charge on any atom is 0.252 e. The van der Waals surface area contributed by atoms with Crippen molar-refractivity contribution in [3.05, 3.63) is 28.8 Å². The minimum Gasteiger partial charge on any atom is -0.399 e. The molecule has 2 amide bonds. The predicted molar refractivity (Wildman–Crippen MR) is 66.9 cm³/mol. The van der Waals surface area contributed by atoms with Gasteiger partial charge in [0.25, 0.3) is 5.91 Å². The van der Waals surface area contributed by atoms with Crippen LogP contribution in [-0.4, -0.2) is 25.4 Å². The second kappa shape index (κ2) is 6.75. The van der Waals surface area contributed by atoms with E-state index in [0.717, 1.165) is 0 Å². The zero-order valence-corrected chi connectivity index (χ0v) is 9.96. The minimum atomic E-state index is -0.249. The molecule has 1 rings (SSSR count). The number of nitrogens with one attached hydrogen (secondary N) is 2. The molecular weight excluding hydrogens is 242 g/mol. The number of benzene rings is 1. The molecule has 5 nitrogen and oxygen atoms in total. The highest BCUT2D eigenvalue weighted by Gasteiger charge is 2.09. The average Bonchev–Trinajstić information content (AvgIpc) is 2.28. The van der Waals surface area contributed by atoms with Gasteiger partial charge in [-0.1, -0.05) is 11.6 Å². The van der Waals surface area contributed by atoms with E-state index in [1.54, 1.807) is 12.1 Å². The van der Waals surface area contributed by atoms with Gasteiger partial charge in [0.1, 0.15) is 0 Å². The molecular formula is C11H14ClN3O2. The van der Waals surface area contributed by atoms with Crippen molar-refractivity contribution in [3.63, 3.8) is 0 Å². The first-order valence-corrected chi connectivity index (χ1v) is 5.53. The van der Waals surface area contributed by atoms with Crippen LogP contribution in [-0.2, 0) is 4.79 Å². The van der Waals surface area contributed by atoms with E-state index in [1.165, 1.54) is 6.07 Å². The van der Waals surface area contributed by atoms with Gasteiger partial charge in [0, 0.05) is 18.8 Å². The van der Waals surface area contributed by atoms with Gasteiger partial charge in [-0.2, -0.15) is 0 Å². The van der Waals surface area contributed by atoms with Crippen molar-refractivity contribution in [1.29, 1.82) is 0 Å². The van der Waals surface area contributed by atoms with Crippen LogP contribution < -0.4 is 16.4 Å². The Kier molecular flexibility index (Phi) is 5.29. The van der Waals surface area contributed by atoms with Crippen LogP contribution in [0.15, 0.2) is 18.2 Å². The van der Waals surface area contributed by atoms with Crippen LogP contribution in [0.25, 0.3) is 0 Å². The van der Waals surface area contributed by atoms with Crippen LogP contribution in [0, 0.1) is 0 Å². The van der Waals surface area contributed by atoms with E-state index in [4.69, 9.17) is 17.3 Å². The van der Waals surface area contributed by atoms with Crippen LogP contribution in [0.2, 0.25) is 5.02 Å². The Balaban J connectivity index is 2.44. The van der Waals surface area contributed by atoms with Crippen LogP contribution in [0.5, 0.6) is 0 Å². The van der Waals surface area contributed by atoms with Crippen molar-refractivity contribution >= 4 is 29.6 Å². The summed E-state index contributed by atoms with van der Waals surface area (Å²) < 4.78 is 0. The maximum atomic E-state index is 11.7. The second-order valence-electron chi connectivity index (χ2n) is 3.42. The fraction of sp³-hybridized carbons (Fsp3) is 0.273. The first-order valence-electron chi connectivity index (χ1n) is 5.15. The van der Waals surface area contributed by atoms with Gasteiger partial charge in [-0.15, -0.1) is 0 Å². The Labute approximate surface area is 104 Å². The van der Waals surface area contributed by atoms with E-state index < -0.39 is 0 Å². The minimum absolute atomic E-state index is 0.249. The van der Waals surface area contributed by atoms with Gasteiger partial charge >= 0.3 is 0 Å². The molecule has 0 saturated heterocycles. The molecule has 1 aromatic carbocycles. The van der Waals surface area contributed by atoms with E-state index in [2.05, 4.69) is 10.6 Å². The van der Waals surface area contributed by atoms with Crippen LogP contribution in [0.1, 0.15) is 16.8 Å². The molecule has 0 spiro atoms. The van der Waals surface area contributed by atoms with E-state index in [1.807, 2.05) is 0 Å².